The summed E-state index contributed by atoms with van der Waals surface area (Å²) < 4.78 is 2.55. The van der Waals surface area contributed by atoms with Crippen LogP contribution in [0.2, 0.25) is 0 Å². The molecule has 1 atom stereocenters. The highest BCUT2D eigenvalue weighted by Crippen LogP contribution is 2.52. The highest BCUT2D eigenvalue weighted by atomic mass is 32.1. The number of carbonyl (C=O) groups is 3. The van der Waals surface area contributed by atoms with Crippen LogP contribution in [0, 0.1) is 0 Å². The molecular weight excluding hydrogens is 428 g/mol. The van der Waals surface area contributed by atoms with Gasteiger partial charge in [0.1, 0.15) is 17.8 Å². The summed E-state index contributed by atoms with van der Waals surface area (Å²) in [7, 11) is 0. The molecule has 4 heterocycles. The van der Waals surface area contributed by atoms with E-state index in [-0.39, 0.29) is 24.8 Å². The Morgan fingerprint density at radius 2 is 1.91 bits per heavy atom. The average molecular weight is 444 g/mol. The maximum Gasteiger partial charge on any atom is 0.243 e. The summed E-state index contributed by atoms with van der Waals surface area (Å²) in [4.78, 5) is 44.3. The Morgan fingerprint density at radius 3 is 2.72 bits per heavy atom. The summed E-state index contributed by atoms with van der Waals surface area (Å²) in [6.45, 7) is -0.263. The largest absolute Gasteiger partial charge is 0.368 e. The lowest BCUT2D eigenvalue weighted by molar-refractivity contribution is -0.127. The van der Waals surface area contributed by atoms with Crippen LogP contribution in [-0.4, -0.2) is 39.0 Å². The molecule has 1 spiro atoms. The van der Waals surface area contributed by atoms with E-state index in [0.29, 0.717) is 27.8 Å². The quantitative estimate of drug-likeness (QED) is 0.500. The number of rotatable bonds is 3. The van der Waals surface area contributed by atoms with Crippen LogP contribution in [0.25, 0.3) is 15.3 Å². The van der Waals surface area contributed by atoms with Crippen molar-refractivity contribution in [1.29, 1.82) is 0 Å². The summed E-state index contributed by atoms with van der Waals surface area (Å²) in [5, 5.41) is 7.95. The molecular formula is C22H16N6O3S. The number of amides is 3. The normalized spacial score (nSPS) is 19.3. The van der Waals surface area contributed by atoms with Crippen LogP contribution in [0.5, 0.6) is 0 Å². The Kier molecular flexibility index (Phi) is 3.78. The summed E-state index contributed by atoms with van der Waals surface area (Å²) in [5.41, 5.74) is 6.76. The third-order valence-electron chi connectivity index (χ3n) is 5.96. The molecule has 3 N–H and O–H groups in total. The highest BCUT2D eigenvalue weighted by molar-refractivity contribution is 7.20. The number of carbonyl (C=O) groups excluding carboxylic acids is 3. The van der Waals surface area contributed by atoms with E-state index in [9.17, 15) is 14.4 Å². The molecule has 6 rings (SSSR count). The number of para-hydroxylation sites is 2. The van der Waals surface area contributed by atoms with Gasteiger partial charge in [-0.3, -0.25) is 14.4 Å². The number of benzene rings is 2. The molecule has 0 radical (unpaired) electrons. The number of aromatic nitrogens is 3. The molecule has 2 aliphatic heterocycles. The van der Waals surface area contributed by atoms with Crippen molar-refractivity contribution in [1.82, 2.24) is 14.8 Å². The molecule has 4 aromatic rings. The Morgan fingerprint density at radius 1 is 1.12 bits per heavy atom. The molecule has 0 saturated carbocycles. The van der Waals surface area contributed by atoms with Crippen molar-refractivity contribution < 1.29 is 14.4 Å². The molecule has 2 aliphatic rings. The standard InChI is InChI=1S/C22H16N6O3S/c23-17(29)11-27-15-7-3-1-5-12(15)22(20(27)31)9-18(30)26-19-13(22)10-24-28(19)21-25-14-6-2-4-8-16(14)32-21/h1-8,10H,9,11H2,(H2,23,29)(H,26,30). The molecule has 32 heavy (non-hydrogen) atoms. The molecule has 0 saturated heterocycles. The monoisotopic (exact) mass is 444 g/mol. The third kappa shape index (κ3) is 2.41. The van der Waals surface area contributed by atoms with Crippen LogP contribution in [0.4, 0.5) is 11.5 Å². The lowest BCUT2D eigenvalue weighted by Gasteiger charge is -2.32. The van der Waals surface area contributed by atoms with E-state index < -0.39 is 11.3 Å². The Balaban J connectivity index is 1.57. The SMILES string of the molecule is NC(=O)CN1C(=O)C2(CC(=O)Nc3c2cnn3-c2nc3ccccc3s2)c2ccccc21. The second-order valence-electron chi connectivity index (χ2n) is 7.79. The Bertz CT molecular complexity index is 1420. The van der Waals surface area contributed by atoms with Gasteiger partial charge in [0.25, 0.3) is 0 Å². The molecule has 1 unspecified atom stereocenters. The van der Waals surface area contributed by atoms with E-state index in [1.54, 1.807) is 23.0 Å². The van der Waals surface area contributed by atoms with Crippen molar-refractivity contribution in [2.75, 3.05) is 16.8 Å². The first kappa shape index (κ1) is 18.7. The number of hydrogen-bond donors (Lipinski definition) is 2. The van der Waals surface area contributed by atoms with E-state index in [0.717, 1.165) is 10.2 Å². The van der Waals surface area contributed by atoms with Gasteiger partial charge in [0.15, 0.2) is 0 Å². The van der Waals surface area contributed by atoms with E-state index in [2.05, 4.69) is 15.4 Å². The number of primary amides is 1. The maximum absolute atomic E-state index is 13.8. The van der Waals surface area contributed by atoms with E-state index in [1.165, 1.54) is 16.2 Å². The van der Waals surface area contributed by atoms with Gasteiger partial charge in [-0.1, -0.05) is 41.7 Å². The van der Waals surface area contributed by atoms with Gasteiger partial charge in [0, 0.05) is 17.7 Å². The zero-order chi connectivity index (χ0) is 22.0. The molecule has 9 nitrogen and oxygen atoms in total. The molecule has 0 bridgehead atoms. The van der Waals surface area contributed by atoms with Gasteiger partial charge < -0.3 is 16.0 Å². The minimum Gasteiger partial charge on any atom is -0.368 e. The lowest BCUT2D eigenvalue weighted by Crippen LogP contribution is -2.48. The molecule has 158 valence electrons. The van der Waals surface area contributed by atoms with Crippen molar-refractivity contribution in [2.24, 2.45) is 5.73 Å². The summed E-state index contributed by atoms with van der Waals surface area (Å²) in [5.74, 6) is -0.901. The molecule has 10 heteroatoms. The van der Waals surface area contributed by atoms with Crippen molar-refractivity contribution in [3.8, 4) is 5.13 Å². The number of nitrogens with one attached hydrogen (secondary N) is 1. The van der Waals surface area contributed by atoms with Gasteiger partial charge in [0.05, 0.1) is 16.4 Å². The fraction of sp³-hybridized carbons (Fsp3) is 0.136. The zero-order valence-electron chi connectivity index (χ0n) is 16.6. The summed E-state index contributed by atoms with van der Waals surface area (Å²) in [6.07, 6.45) is 1.51. The second-order valence-corrected chi connectivity index (χ2v) is 8.80. The van der Waals surface area contributed by atoms with Crippen molar-refractivity contribution in [3.05, 3.63) is 65.9 Å². The number of anilines is 2. The number of nitrogens with zero attached hydrogens (tertiary/aromatic N) is 4. The fourth-order valence-corrected chi connectivity index (χ4v) is 5.59. The van der Waals surface area contributed by atoms with Gasteiger partial charge in [-0.05, 0) is 23.8 Å². The van der Waals surface area contributed by atoms with Crippen LogP contribution in [0.3, 0.4) is 0 Å². The van der Waals surface area contributed by atoms with Crippen LogP contribution in [0.15, 0.2) is 54.7 Å². The van der Waals surface area contributed by atoms with Crippen molar-refractivity contribution >= 4 is 50.8 Å². The average Bonchev–Trinajstić information content (AvgIpc) is 3.44. The molecule has 2 aromatic carbocycles. The zero-order valence-corrected chi connectivity index (χ0v) is 17.4. The molecule has 2 aromatic heterocycles. The second kappa shape index (κ2) is 6.47. The predicted octanol–water partition coefficient (Wildman–Crippen LogP) is 1.94. The van der Waals surface area contributed by atoms with Gasteiger partial charge in [-0.2, -0.15) is 9.78 Å². The predicted molar refractivity (Wildman–Crippen MR) is 119 cm³/mol. The topological polar surface area (TPSA) is 123 Å². The molecule has 0 fully saturated rings. The van der Waals surface area contributed by atoms with Gasteiger partial charge >= 0.3 is 0 Å². The first-order valence-corrected chi connectivity index (χ1v) is 10.7. The minimum absolute atomic E-state index is 0.0867. The van der Waals surface area contributed by atoms with Crippen LogP contribution in [0.1, 0.15) is 17.5 Å². The van der Waals surface area contributed by atoms with Crippen LogP contribution < -0.4 is 16.0 Å². The molecule has 0 aliphatic carbocycles. The smallest absolute Gasteiger partial charge is 0.243 e. The number of thiazole rings is 1. The summed E-state index contributed by atoms with van der Waals surface area (Å²) >= 11 is 1.44. The van der Waals surface area contributed by atoms with Gasteiger partial charge in [-0.25, -0.2) is 4.98 Å². The van der Waals surface area contributed by atoms with E-state index >= 15 is 0 Å². The third-order valence-corrected chi connectivity index (χ3v) is 6.97. The first-order valence-electron chi connectivity index (χ1n) is 9.93. The maximum atomic E-state index is 13.8. The van der Waals surface area contributed by atoms with Gasteiger partial charge in [-0.15, -0.1) is 0 Å². The Labute approximate surface area is 185 Å². The Hall–Kier alpha value is -4.05. The molecule has 3 amide bonds. The highest BCUT2D eigenvalue weighted by Gasteiger charge is 2.57. The van der Waals surface area contributed by atoms with E-state index in [4.69, 9.17) is 5.73 Å². The number of nitrogens with two attached hydrogens (primary N) is 1. The minimum atomic E-state index is -1.28. The number of hydrogen-bond acceptors (Lipinski definition) is 6. The van der Waals surface area contributed by atoms with Crippen molar-refractivity contribution in [3.63, 3.8) is 0 Å². The lowest BCUT2D eigenvalue weighted by atomic mass is 9.72. The van der Waals surface area contributed by atoms with Crippen LogP contribution >= 0.6 is 11.3 Å². The van der Waals surface area contributed by atoms with Crippen LogP contribution in [-0.2, 0) is 19.8 Å². The van der Waals surface area contributed by atoms with Crippen molar-refractivity contribution in [2.45, 2.75) is 11.8 Å². The fourth-order valence-electron chi connectivity index (χ4n) is 4.66. The summed E-state index contributed by atoms with van der Waals surface area (Å²) in [6, 6.07) is 14.9. The van der Waals surface area contributed by atoms with Gasteiger partial charge in [0.2, 0.25) is 22.9 Å². The van der Waals surface area contributed by atoms with E-state index in [1.807, 2.05) is 36.4 Å². The number of fused-ring (bicyclic) bond motifs is 5. The first-order chi connectivity index (χ1) is 15.5.